The number of fused-ring (bicyclic) bond motifs is 1. The van der Waals surface area contributed by atoms with E-state index in [1.807, 2.05) is 0 Å². The van der Waals surface area contributed by atoms with Crippen molar-refractivity contribution in [2.75, 3.05) is 6.54 Å². The third-order valence-electron chi connectivity index (χ3n) is 2.60. The first kappa shape index (κ1) is 10.4. The van der Waals surface area contributed by atoms with Crippen LogP contribution in [0.5, 0.6) is 0 Å². The number of rotatable bonds is 3. The second kappa shape index (κ2) is 4.60. The minimum Gasteiger partial charge on any atom is -0.314 e. The molecule has 1 heterocycles. The summed E-state index contributed by atoms with van der Waals surface area (Å²) >= 11 is 7.53. The number of nitrogens with zero attached hydrogens (tertiary/aromatic N) is 1. The molecule has 14 heavy (non-hydrogen) atoms. The van der Waals surface area contributed by atoms with E-state index in [1.165, 1.54) is 23.4 Å². The predicted octanol–water partition coefficient (Wildman–Crippen LogP) is 2.65. The molecule has 0 radical (unpaired) electrons. The van der Waals surface area contributed by atoms with Crippen LogP contribution in [-0.4, -0.2) is 17.6 Å². The van der Waals surface area contributed by atoms with Crippen molar-refractivity contribution < 1.29 is 0 Å². The Bertz CT molecular complexity index is 311. The van der Waals surface area contributed by atoms with Crippen LogP contribution in [0.3, 0.4) is 0 Å². The van der Waals surface area contributed by atoms with Crippen LogP contribution >= 0.6 is 22.9 Å². The smallest absolute Gasteiger partial charge is 0.184 e. The first-order chi connectivity index (χ1) is 6.79. The molecule has 2 rings (SSSR count). The first-order valence-electron chi connectivity index (χ1n) is 5.17. The molecule has 4 heteroatoms. The molecule has 0 amide bonds. The molecule has 1 aromatic heterocycles. The van der Waals surface area contributed by atoms with Gasteiger partial charge in [-0.05, 0) is 32.2 Å². The Morgan fingerprint density at radius 2 is 2.50 bits per heavy atom. The molecule has 0 saturated heterocycles. The fourth-order valence-corrected chi connectivity index (χ4v) is 3.16. The van der Waals surface area contributed by atoms with Crippen LogP contribution in [0.4, 0.5) is 0 Å². The van der Waals surface area contributed by atoms with Crippen molar-refractivity contribution >= 4 is 22.9 Å². The normalized spacial score (nSPS) is 20.9. The van der Waals surface area contributed by atoms with Gasteiger partial charge < -0.3 is 5.32 Å². The minimum absolute atomic E-state index is 0.638. The SMILES string of the molecule is CCCNC1CCc2nc(Cl)sc2C1. The Balaban J connectivity index is 1.98. The summed E-state index contributed by atoms with van der Waals surface area (Å²) in [6.07, 6.45) is 4.60. The Hall–Kier alpha value is -0.120. The summed E-state index contributed by atoms with van der Waals surface area (Å²) in [7, 11) is 0. The number of aromatic nitrogens is 1. The van der Waals surface area contributed by atoms with Gasteiger partial charge in [0.1, 0.15) is 0 Å². The molecule has 0 fully saturated rings. The van der Waals surface area contributed by atoms with Gasteiger partial charge in [0.2, 0.25) is 0 Å². The van der Waals surface area contributed by atoms with Crippen LogP contribution in [0.25, 0.3) is 0 Å². The lowest BCUT2D eigenvalue weighted by Gasteiger charge is -2.22. The first-order valence-corrected chi connectivity index (χ1v) is 6.36. The molecule has 1 aliphatic carbocycles. The van der Waals surface area contributed by atoms with Gasteiger partial charge in [-0.25, -0.2) is 4.98 Å². The van der Waals surface area contributed by atoms with Crippen LogP contribution in [0.15, 0.2) is 0 Å². The van der Waals surface area contributed by atoms with Gasteiger partial charge in [0.05, 0.1) is 5.69 Å². The molecule has 0 spiro atoms. The molecule has 1 atom stereocenters. The fourth-order valence-electron chi connectivity index (χ4n) is 1.87. The van der Waals surface area contributed by atoms with Crippen LogP contribution in [0.1, 0.15) is 30.3 Å². The van der Waals surface area contributed by atoms with Gasteiger partial charge >= 0.3 is 0 Å². The molecule has 1 aliphatic rings. The highest BCUT2D eigenvalue weighted by molar-refractivity contribution is 7.15. The second-order valence-electron chi connectivity index (χ2n) is 3.73. The monoisotopic (exact) mass is 230 g/mol. The van der Waals surface area contributed by atoms with Crippen molar-refractivity contribution in [2.24, 2.45) is 0 Å². The summed E-state index contributed by atoms with van der Waals surface area (Å²) < 4.78 is 0.700. The Kier molecular flexibility index (Phi) is 3.42. The van der Waals surface area contributed by atoms with Crippen LogP contribution in [0.2, 0.25) is 4.47 Å². The lowest BCUT2D eigenvalue weighted by atomic mass is 9.98. The largest absolute Gasteiger partial charge is 0.314 e. The van der Waals surface area contributed by atoms with Crippen LogP contribution in [0, 0.1) is 0 Å². The summed E-state index contributed by atoms with van der Waals surface area (Å²) in [5, 5.41) is 3.56. The minimum atomic E-state index is 0.638. The van der Waals surface area contributed by atoms with Gasteiger partial charge in [0, 0.05) is 10.9 Å². The summed E-state index contributed by atoms with van der Waals surface area (Å²) in [6, 6.07) is 0.638. The lowest BCUT2D eigenvalue weighted by molar-refractivity contribution is 0.459. The summed E-state index contributed by atoms with van der Waals surface area (Å²) in [6.45, 7) is 3.32. The van der Waals surface area contributed by atoms with E-state index in [1.54, 1.807) is 11.3 Å². The van der Waals surface area contributed by atoms with Crippen molar-refractivity contribution in [3.05, 3.63) is 15.0 Å². The molecular weight excluding hydrogens is 216 g/mol. The number of aryl methyl sites for hydroxylation is 1. The van der Waals surface area contributed by atoms with Crippen molar-refractivity contribution in [2.45, 2.75) is 38.6 Å². The number of halogens is 1. The highest BCUT2D eigenvalue weighted by atomic mass is 35.5. The van der Waals surface area contributed by atoms with Crippen molar-refractivity contribution in [1.29, 1.82) is 0 Å². The third-order valence-corrected chi connectivity index (χ3v) is 3.82. The molecule has 1 aromatic rings. The van der Waals surface area contributed by atoms with E-state index >= 15 is 0 Å². The number of hydrogen-bond acceptors (Lipinski definition) is 3. The molecule has 0 saturated carbocycles. The van der Waals surface area contributed by atoms with Gasteiger partial charge in [-0.1, -0.05) is 18.5 Å². The fraction of sp³-hybridized carbons (Fsp3) is 0.700. The maximum atomic E-state index is 5.89. The highest BCUT2D eigenvalue weighted by Gasteiger charge is 2.21. The second-order valence-corrected chi connectivity index (χ2v) is 5.40. The standard InChI is InChI=1S/C10H15ClN2S/c1-2-5-12-7-3-4-8-9(6-7)14-10(11)13-8/h7,12H,2-6H2,1H3. The Morgan fingerprint density at radius 1 is 1.64 bits per heavy atom. The number of nitrogens with one attached hydrogen (secondary N) is 1. The zero-order valence-corrected chi connectivity index (χ0v) is 9.92. The average molecular weight is 231 g/mol. The maximum Gasteiger partial charge on any atom is 0.184 e. The van der Waals surface area contributed by atoms with Crippen LogP contribution in [-0.2, 0) is 12.8 Å². The maximum absolute atomic E-state index is 5.89. The molecule has 0 aromatic carbocycles. The number of hydrogen-bond donors (Lipinski definition) is 1. The zero-order chi connectivity index (χ0) is 9.97. The molecular formula is C10H15ClN2S. The summed E-state index contributed by atoms with van der Waals surface area (Å²) in [5.74, 6) is 0. The van der Waals surface area contributed by atoms with E-state index < -0.39 is 0 Å². The van der Waals surface area contributed by atoms with Gasteiger partial charge in [-0.3, -0.25) is 0 Å². The molecule has 78 valence electrons. The Morgan fingerprint density at radius 3 is 3.29 bits per heavy atom. The Labute approximate surface area is 93.7 Å². The van der Waals surface area contributed by atoms with Crippen molar-refractivity contribution in [3.8, 4) is 0 Å². The molecule has 0 bridgehead atoms. The lowest BCUT2D eigenvalue weighted by Crippen LogP contribution is -2.34. The van der Waals surface area contributed by atoms with Gasteiger partial charge in [0.15, 0.2) is 4.47 Å². The van der Waals surface area contributed by atoms with Crippen LogP contribution < -0.4 is 5.32 Å². The summed E-state index contributed by atoms with van der Waals surface area (Å²) in [5.41, 5.74) is 1.23. The zero-order valence-electron chi connectivity index (χ0n) is 8.35. The molecule has 0 aliphatic heterocycles. The molecule has 1 unspecified atom stereocenters. The molecule has 2 nitrogen and oxygen atoms in total. The van der Waals surface area contributed by atoms with Gasteiger partial charge in [0.25, 0.3) is 0 Å². The van der Waals surface area contributed by atoms with E-state index in [4.69, 9.17) is 11.6 Å². The van der Waals surface area contributed by atoms with Gasteiger partial charge in [-0.2, -0.15) is 0 Å². The highest BCUT2D eigenvalue weighted by Crippen LogP contribution is 2.29. The number of thiazole rings is 1. The third kappa shape index (κ3) is 2.27. The summed E-state index contributed by atoms with van der Waals surface area (Å²) in [4.78, 5) is 5.71. The van der Waals surface area contributed by atoms with Crippen molar-refractivity contribution in [1.82, 2.24) is 10.3 Å². The average Bonchev–Trinajstić information content (AvgIpc) is 2.54. The van der Waals surface area contributed by atoms with E-state index in [0.29, 0.717) is 10.5 Å². The van der Waals surface area contributed by atoms with E-state index in [0.717, 1.165) is 19.4 Å². The van der Waals surface area contributed by atoms with Crippen molar-refractivity contribution in [3.63, 3.8) is 0 Å². The van der Waals surface area contributed by atoms with E-state index in [2.05, 4.69) is 17.2 Å². The quantitative estimate of drug-likeness (QED) is 0.864. The predicted molar refractivity (Wildman–Crippen MR) is 61.2 cm³/mol. The topological polar surface area (TPSA) is 24.9 Å². The van der Waals surface area contributed by atoms with E-state index in [9.17, 15) is 0 Å². The van der Waals surface area contributed by atoms with E-state index in [-0.39, 0.29) is 0 Å². The molecule has 1 N–H and O–H groups in total. The van der Waals surface area contributed by atoms with Gasteiger partial charge in [-0.15, -0.1) is 11.3 Å².